The molecule has 0 saturated heterocycles. The van der Waals surface area contributed by atoms with Crippen LogP contribution in [0.15, 0.2) is 113 Å². The van der Waals surface area contributed by atoms with Crippen molar-refractivity contribution in [3.8, 4) is 23.0 Å². The molecule has 0 N–H and O–H groups in total. The number of benzene rings is 5. The number of ether oxygens (including phenoxy) is 4. The highest BCUT2D eigenvalue weighted by Crippen LogP contribution is 2.37. The summed E-state index contributed by atoms with van der Waals surface area (Å²) in [6.45, 7) is 5.38. The molecule has 0 aliphatic rings. The van der Waals surface area contributed by atoms with Crippen LogP contribution in [-0.2, 0) is 0 Å². The minimum Gasteiger partial charge on any atom is -0.493 e. The third kappa shape index (κ3) is 15.3. The number of nitro benzene ring substituents is 1. The average molecular weight is 862 g/mol. The van der Waals surface area contributed by atoms with Crippen LogP contribution in [-0.4, -0.2) is 42.5 Å². The Hall–Kier alpha value is -6.76. The molecule has 0 unspecified atom stereocenters. The number of aliphatic imine (C=N–C) groups is 2. The molecule has 11 nitrogen and oxygen atoms in total. The predicted molar refractivity (Wildman–Crippen MR) is 241 cm³/mol. The Morgan fingerprint density at radius 1 is 0.571 bits per heavy atom. The van der Waals surface area contributed by atoms with Gasteiger partial charge in [-0.05, 0) is 84.6 Å². The van der Waals surface area contributed by atoms with E-state index < -0.39 is 45.7 Å². The Bertz CT molecular complexity index is 2180. The molecule has 0 spiro atoms. The van der Waals surface area contributed by atoms with Gasteiger partial charge >= 0.3 is 17.6 Å². The second-order valence-corrected chi connectivity index (χ2v) is 14.9. The molecular weight excluding hydrogens is 809 g/mol. The molecule has 0 saturated carbocycles. The van der Waals surface area contributed by atoms with E-state index in [2.05, 4.69) is 23.8 Å². The van der Waals surface area contributed by atoms with Crippen molar-refractivity contribution in [1.29, 1.82) is 0 Å². The number of carbonyl (C=O) groups is 2. The summed E-state index contributed by atoms with van der Waals surface area (Å²) in [4.78, 5) is 45.9. The number of carbonyl (C=O) groups excluding carboxylic acids is 2. The fourth-order valence-electron chi connectivity index (χ4n) is 6.37. The van der Waals surface area contributed by atoms with Crippen molar-refractivity contribution in [3.05, 3.63) is 147 Å². The van der Waals surface area contributed by atoms with E-state index in [1.165, 1.54) is 118 Å². The van der Waals surface area contributed by atoms with Crippen molar-refractivity contribution in [2.45, 2.75) is 90.9 Å². The van der Waals surface area contributed by atoms with Crippen LogP contribution in [0.4, 0.5) is 25.8 Å². The molecular formula is C50H53F2N3O8. The number of hydrogen-bond donors (Lipinski definition) is 0. The highest BCUT2D eigenvalue weighted by atomic mass is 19.1. The van der Waals surface area contributed by atoms with Crippen LogP contribution >= 0.6 is 0 Å². The zero-order valence-electron chi connectivity index (χ0n) is 35.7. The molecule has 0 radical (unpaired) electrons. The monoisotopic (exact) mass is 861 g/mol. The van der Waals surface area contributed by atoms with E-state index in [0.717, 1.165) is 38.5 Å². The maximum Gasteiger partial charge on any atom is 0.353 e. The summed E-state index contributed by atoms with van der Waals surface area (Å²) >= 11 is 0. The van der Waals surface area contributed by atoms with Crippen LogP contribution in [0.25, 0.3) is 0 Å². The van der Waals surface area contributed by atoms with E-state index >= 15 is 0 Å². The fourth-order valence-corrected chi connectivity index (χ4v) is 6.37. The van der Waals surface area contributed by atoms with Gasteiger partial charge < -0.3 is 18.9 Å². The van der Waals surface area contributed by atoms with E-state index in [1.807, 2.05) is 0 Å². The number of nitrogens with zero attached hydrogens (tertiary/aromatic N) is 3. The average Bonchev–Trinajstić information content (AvgIpc) is 3.28. The molecule has 0 atom stereocenters. The number of hydrogen-bond acceptors (Lipinski definition) is 10. The highest BCUT2D eigenvalue weighted by Gasteiger charge is 2.27. The number of para-hydroxylation sites is 1. The number of rotatable bonds is 25. The van der Waals surface area contributed by atoms with Crippen LogP contribution in [0, 0.1) is 21.7 Å². The number of halogens is 2. The van der Waals surface area contributed by atoms with Gasteiger partial charge in [-0.25, -0.2) is 18.4 Å². The minimum absolute atomic E-state index is 0.0677. The zero-order valence-corrected chi connectivity index (χ0v) is 35.7. The quantitative estimate of drug-likeness (QED) is 0.0141. The molecule has 0 aliphatic heterocycles. The smallest absolute Gasteiger partial charge is 0.353 e. The van der Waals surface area contributed by atoms with Crippen molar-refractivity contribution in [2.75, 3.05) is 13.2 Å². The topological polar surface area (TPSA) is 139 Å². The Morgan fingerprint density at radius 2 is 0.968 bits per heavy atom. The molecule has 0 aliphatic carbocycles. The van der Waals surface area contributed by atoms with Gasteiger partial charge in [0.05, 0.1) is 40.6 Å². The van der Waals surface area contributed by atoms with Crippen LogP contribution in [0.5, 0.6) is 23.0 Å². The molecule has 0 bridgehead atoms. The lowest BCUT2D eigenvalue weighted by Crippen LogP contribution is -2.12. The van der Waals surface area contributed by atoms with Gasteiger partial charge in [0.1, 0.15) is 11.5 Å². The molecule has 5 aromatic rings. The lowest BCUT2D eigenvalue weighted by molar-refractivity contribution is -0.386. The van der Waals surface area contributed by atoms with E-state index in [-0.39, 0.29) is 22.5 Å². The molecule has 0 amide bonds. The summed E-state index contributed by atoms with van der Waals surface area (Å²) in [5.74, 6) is -2.90. The van der Waals surface area contributed by atoms with Gasteiger partial charge in [0, 0.05) is 24.6 Å². The first-order chi connectivity index (χ1) is 30.6. The maximum absolute atomic E-state index is 14.7. The molecule has 63 heavy (non-hydrogen) atoms. The van der Waals surface area contributed by atoms with Gasteiger partial charge in [-0.3, -0.25) is 20.1 Å². The van der Waals surface area contributed by atoms with Crippen molar-refractivity contribution in [1.82, 2.24) is 0 Å². The van der Waals surface area contributed by atoms with E-state index in [4.69, 9.17) is 18.9 Å². The zero-order chi connectivity index (χ0) is 44.8. The Morgan fingerprint density at radius 3 is 1.35 bits per heavy atom. The van der Waals surface area contributed by atoms with Gasteiger partial charge in [0.2, 0.25) is 11.5 Å². The summed E-state index contributed by atoms with van der Waals surface area (Å²) in [5.41, 5.74) is 0.737. The Kier molecular flexibility index (Phi) is 18.9. The van der Waals surface area contributed by atoms with E-state index in [0.29, 0.717) is 35.8 Å². The third-order valence-electron chi connectivity index (χ3n) is 9.92. The highest BCUT2D eigenvalue weighted by molar-refractivity contribution is 5.94. The van der Waals surface area contributed by atoms with Crippen molar-refractivity contribution in [3.63, 3.8) is 0 Å². The summed E-state index contributed by atoms with van der Waals surface area (Å²) in [6, 6.07) is 24.7. The van der Waals surface area contributed by atoms with Crippen molar-refractivity contribution < 1.29 is 42.2 Å². The fraction of sp³-hybridized carbons (Fsp3) is 0.320. The normalized spacial score (nSPS) is 11.2. The third-order valence-corrected chi connectivity index (χ3v) is 9.92. The maximum atomic E-state index is 14.7. The second-order valence-electron chi connectivity index (χ2n) is 14.9. The van der Waals surface area contributed by atoms with Crippen LogP contribution in [0.3, 0.4) is 0 Å². The molecule has 330 valence electrons. The Labute approximate surface area is 367 Å². The molecule has 0 heterocycles. The largest absolute Gasteiger partial charge is 0.493 e. The number of esters is 2. The van der Waals surface area contributed by atoms with Crippen molar-refractivity contribution >= 4 is 41.4 Å². The lowest BCUT2D eigenvalue weighted by atomic mass is 10.1. The Balaban J connectivity index is 1.13. The van der Waals surface area contributed by atoms with Gasteiger partial charge in [-0.15, -0.1) is 0 Å². The second kappa shape index (κ2) is 25.2. The SMILES string of the molecule is CCCCCCCCOc1ccc(N=Cc2ccc(C(=O)Oc3cccc(OC(=O)c4ccc(C=Nc5ccc(OCCCCCCCC)cc5F)cc4)c3[N+](=O)[O-])cc2)c(F)c1. The number of nitro groups is 1. The standard InChI is InChI=1S/C50H53F2N3O8/c1-3-5-7-9-11-13-30-60-40-26-28-44(42(51)32-40)53-34-36-18-22-38(23-19-36)49(56)62-46-16-15-17-47(48(46)55(58)59)63-50(57)39-24-20-37(21-25-39)35-54-45-29-27-41(33-43(45)52)61-31-14-12-10-8-6-4-2/h15-29,32-35H,3-14,30-31H2,1-2H3. The van der Waals surface area contributed by atoms with Crippen molar-refractivity contribution in [2.24, 2.45) is 9.98 Å². The minimum atomic E-state index is -0.905. The molecule has 13 heteroatoms. The van der Waals surface area contributed by atoms with Crippen LogP contribution in [0.2, 0.25) is 0 Å². The van der Waals surface area contributed by atoms with Gasteiger partial charge in [-0.1, -0.05) is 108 Å². The van der Waals surface area contributed by atoms with Gasteiger partial charge in [0.15, 0.2) is 11.6 Å². The van der Waals surface area contributed by atoms with Gasteiger partial charge in [0.25, 0.3) is 0 Å². The first-order valence-electron chi connectivity index (χ1n) is 21.5. The van der Waals surface area contributed by atoms with Gasteiger partial charge in [-0.2, -0.15) is 0 Å². The molecule has 0 fully saturated rings. The number of unbranched alkanes of at least 4 members (excludes halogenated alkanes) is 10. The summed E-state index contributed by atoms with van der Waals surface area (Å²) in [5, 5.41) is 12.2. The predicted octanol–water partition coefficient (Wildman–Crippen LogP) is 13.3. The summed E-state index contributed by atoms with van der Waals surface area (Å²) < 4.78 is 51.6. The molecule has 5 rings (SSSR count). The molecule has 5 aromatic carbocycles. The molecule has 0 aromatic heterocycles. The summed E-state index contributed by atoms with van der Waals surface area (Å²) in [6.07, 6.45) is 16.4. The summed E-state index contributed by atoms with van der Waals surface area (Å²) in [7, 11) is 0. The van der Waals surface area contributed by atoms with Crippen LogP contribution in [0.1, 0.15) is 123 Å². The van der Waals surface area contributed by atoms with E-state index in [1.54, 1.807) is 36.4 Å². The van der Waals surface area contributed by atoms with E-state index in [9.17, 15) is 28.5 Å². The first kappa shape index (κ1) is 47.3. The first-order valence-corrected chi connectivity index (χ1v) is 21.5. The lowest BCUT2D eigenvalue weighted by Gasteiger charge is -2.09. The van der Waals surface area contributed by atoms with Crippen LogP contribution < -0.4 is 18.9 Å².